The normalized spacial score (nSPS) is 42.6. The van der Waals surface area contributed by atoms with Crippen LogP contribution in [0.4, 0.5) is 4.39 Å². The SMILES string of the molecule is CC(C)OC[C@@]12CCN1C[C@@H](F)[C@@H]2C. The Labute approximate surface area is 85.4 Å². The van der Waals surface area contributed by atoms with Crippen LogP contribution < -0.4 is 0 Å². The maximum atomic E-state index is 13.5. The predicted molar refractivity (Wildman–Crippen MR) is 54.1 cm³/mol. The Morgan fingerprint density at radius 3 is 2.71 bits per heavy atom. The zero-order chi connectivity index (χ0) is 10.3. The summed E-state index contributed by atoms with van der Waals surface area (Å²) in [5, 5.41) is 0. The van der Waals surface area contributed by atoms with Crippen LogP contribution >= 0.6 is 0 Å². The highest BCUT2D eigenvalue weighted by atomic mass is 19.1. The van der Waals surface area contributed by atoms with E-state index in [0.29, 0.717) is 13.2 Å². The molecule has 2 saturated heterocycles. The first kappa shape index (κ1) is 10.4. The predicted octanol–water partition coefficient (Wildman–Crippen LogP) is 1.84. The zero-order valence-electron chi connectivity index (χ0n) is 9.29. The minimum atomic E-state index is -0.659. The molecular weight excluding hydrogens is 181 g/mol. The lowest BCUT2D eigenvalue weighted by Crippen LogP contribution is -2.61. The van der Waals surface area contributed by atoms with Crippen molar-refractivity contribution in [1.82, 2.24) is 4.90 Å². The van der Waals surface area contributed by atoms with E-state index in [1.54, 1.807) is 0 Å². The van der Waals surface area contributed by atoms with Gasteiger partial charge >= 0.3 is 0 Å². The minimum Gasteiger partial charge on any atom is -0.377 e. The van der Waals surface area contributed by atoms with E-state index in [9.17, 15) is 4.39 Å². The molecule has 0 aromatic rings. The molecule has 2 heterocycles. The lowest BCUT2D eigenvalue weighted by atomic mass is 9.78. The van der Waals surface area contributed by atoms with Gasteiger partial charge in [0.1, 0.15) is 6.17 Å². The van der Waals surface area contributed by atoms with E-state index >= 15 is 0 Å². The Morgan fingerprint density at radius 2 is 2.29 bits per heavy atom. The van der Waals surface area contributed by atoms with Crippen molar-refractivity contribution in [3.63, 3.8) is 0 Å². The van der Waals surface area contributed by atoms with E-state index in [-0.39, 0.29) is 17.6 Å². The van der Waals surface area contributed by atoms with Crippen molar-refractivity contribution in [2.75, 3.05) is 19.7 Å². The number of ether oxygens (including phenoxy) is 1. The van der Waals surface area contributed by atoms with Crippen molar-refractivity contribution in [1.29, 1.82) is 0 Å². The first-order valence-electron chi connectivity index (χ1n) is 5.57. The van der Waals surface area contributed by atoms with Gasteiger partial charge in [0.05, 0.1) is 18.2 Å². The molecule has 0 saturated carbocycles. The van der Waals surface area contributed by atoms with Gasteiger partial charge in [0.25, 0.3) is 0 Å². The van der Waals surface area contributed by atoms with Crippen molar-refractivity contribution in [2.45, 2.75) is 45.0 Å². The molecule has 0 N–H and O–H groups in total. The molecule has 2 aliphatic heterocycles. The highest BCUT2D eigenvalue weighted by molar-refractivity contribution is 5.11. The van der Waals surface area contributed by atoms with Crippen molar-refractivity contribution in [3.05, 3.63) is 0 Å². The van der Waals surface area contributed by atoms with Crippen LogP contribution in [0.1, 0.15) is 27.2 Å². The van der Waals surface area contributed by atoms with Crippen molar-refractivity contribution in [3.8, 4) is 0 Å². The van der Waals surface area contributed by atoms with E-state index < -0.39 is 6.17 Å². The molecule has 2 nitrogen and oxygen atoms in total. The first-order valence-corrected chi connectivity index (χ1v) is 5.57. The van der Waals surface area contributed by atoms with Crippen LogP contribution in [0.3, 0.4) is 0 Å². The lowest BCUT2D eigenvalue weighted by molar-refractivity contribution is -0.0830. The third kappa shape index (κ3) is 1.38. The summed E-state index contributed by atoms with van der Waals surface area (Å²) in [5.74, 6) is 0.134. The number of alkyl halides is 1. The average Bonchev–Trinajstić information content (AvgIpc) is 2.25. The molecule has 3 atom stereocenters. The molecule has 0 aliphatic carbocycles. The van der Waals surface area contributed by atoms with Crippen LogP contribution in [0, 0.1) is 5.92 Å². The molecule has 0 amide bonds. The van der Waals surface area contributed by atoms with Crippen LogP contribution in [0.5, 0.6) is 0 Å². The monoisotopic (exact) mass is 201 g/mol. The second kappa shape index (κ2) is 3.46. The maximum Gasteiger partial charge on any atom is 0.117 e. The summed E-state index contributed by atoms with van der Waals surface area (Å²) in [6, 6.07) is 0. The molecule has 0 spiro atoms. The zero-order valence-corrected chi connectivity index (χ0v) is 9.29. The summed E-state index contributed by atoms with van der Waals surface area (Å²) in [7, 11) is 0. The van der Waals surface area contributed by atoms with Crippen molar-refractivity contribution < 1.29 is 9.13 Å². The van der Waals surface area contributed by atoms with E-state index in [1.807, 2.05) is 20.8 Å². The third-order valence-corrected chi connectivity index (χ3v) is 3.90. The molecule has 0 aromatic carbocycles. The Hall–Kier alpha value is -0.150. The number of halogens is 1. The molecule has 0 radical (unpaired) electrons. The van der Waals surface area contributed by atoms with Crippen LogP contribution in [0.25, 0.3) is 0 Å². The highest BCUT2D eigenvalue weighted by Crippen LogP contribution is 2.46. The third-order valence-electron chi connectivity index (χ3n) is 3.90. The second-order valence-corrected chi connectivity index (χ2v) is 4.96. The number of nitrogens with zero attached hydrogens (tertiary/aromatic N) is 1. The summed E-state index contributed by atoms with van der Waals surface area (Å²) < 4.78 is 19.2. The van der Waals surface area contributed by atoms with Crippen LogP contribution in [-0.2, 0) is 4.74 Å². The summed E-state index contributed by atoms with van der Waals surface area (Å²) in [6.45, 7) is 8.45. The summed E-state index contributed by atoms with van der Waals surface area (Å²) in [5.41, 5.74) is 0.0314. The Kier molecular flexibility index (Phi) is 2.56. The van der Waals surface area contributed by atoms with Crippen molar-refractivity contribution in [2.24, 2.45) is 5.92 Å². The van der Waals surface area contributed by atoms with E-state index in [1.165, 1.54) is 0 Å². The van der Waals surface area contributed by atoms with Gasteiger partial charge in [-0.15, -0.1) is 0 Å². The fourth-order valence-corrected chi connectivity index (χ4v) is 2.66. The molecule has 82 valence electrons. The average molecular weight is 201 g/mol. The Morgan fingerprint density at radius 1 is 1.57 bits per heavy atom. The van der Waals surface area contributed by atoms with E-state index in [0.717, 1.165) is 13.0 Å². The van der Waals surface area contributed by atoms with Gasteiger partial charge in [0.2, 0.25) is 0 Å². The topological polar surface area (TPSA) is 12.5 Å². The van der Waals surface area contributed by atoms with E-state index in [2.05, 4.69) is 4.90 Å². The summed E-state index contributed by atoms with van der Waals surface area (Å²) in [4.78, 5) is 2.25. The minimum absolute atomic E-state index is 0.0314. The molecular formula is C11H20FNO. The number of hydrogen-bond donors (Lipinski definition) is 0. The highest BCUT2D eigenvalue weighted by Gasteiger charge is 2.57. The number of rotatable bonds is 3. The largest absolute Gasteiger partial charge is 0.377 e. The molecule has 2 aliphatic rings. The molecule has 2 fully saturated rings. The van der Waals surface area contributed by atoms with E-state index in [4.69, 9.17) is 4.74 Å². The van der Waals surface area contributed by atoms with Gasteiger partial charge in [0, 0.05) is 19.0 Å². The van der Waals surface area contributed by atoms with Gasteiger partial charge in [-0.25, -0.2) is 4.39 Å². The second-order valence-electron chi connectivity index (χ2n) is 4.96. The first-order chi connectivity index (χ1) is 6.56. The van der Waals surface area contributed by atoms with Gasteiger partial charge in [-0.2, -0.15) is 0 Å². The van der Waals surface area contributed by atoms with Gasteiger partial charge in [-0.1, -0.05) is 6.92 Å². The Bertz CT molecular complexity index is 221. The molecule has 14 heavy (non-hydrogen) atoms. The summed E-state index contributed by atoms with van der Waals surface area (Å²) in [6.07, 6.45) is 0.687. The standard InChI is InChI=1S/C11H20FNO/c1-8(2)14-7-11-4-5-13(11)6-10(12)9(11)3/h8-10H,4-7H2,1-3H3/t9-,10+,11+/m0/s1. The summed E-state index contributed by atoms with van der Waals surface area (Å²) >= 11 is 0. The smallest absolute Gasteiger partial charge is 0.117 e. The van der Waals surface area contributed by atoms with Crippen molar-refractivity contribution >= 4 is 0 Å². The van der Waals surface area contributed by atoms with Crippen LogP contribution in [0.15, 0.2) is 0 Å². The fourth-order valence-electron chi connectivity index (χ4n) is 2.66. The quantitative estimate of drug-likeness (QED) is 0.691. The number of fused-ring (bicyclic) bond motifs is 1. The number of hydrogen-bond acceptors (Lipinski definition) is 2. The lowest BCUT2D eigenvalue weighted by Gasteiger charge is -2.50. The molecule has 0 unspecified atom stereocenters. The molecule has 3 heteroatoms. The van der Waals surface area contributed by atoms with Crippen LogP contribution in [-0.4, -0.2) is 42.4 Å². The van der Waals surface area contributed by atoms with Gasteiger partial charge < -0.3 is 4.74 Å². The van der Waals surface area contributed by atoms with Gasteiger partial charge in [-0.05, 0) is 20.3 Å². The van der Waals surface area contributed by atoms with Gasteiger partial charge in [0.15, 0.2) is 0 Å². The molecule has 2 rings (SSSR count). The maximum absolute atomic E-state index is 13.5. The molecule has 0 bridgehead atoms. The van der Waals surface area contributed by atoms with Gasteiger partial charge in [-0.3, -0.25) is 4.90 Å². The fraction of sp³-hybridized carbons (Fsp3) is 1.00. The van der Waals surface area contributed by atoms with Crippen LogP contribution in [0.2, 0.25) is 0 Å². The Balaban J connectivity index is 2.00. The molecule has 0 aromatic heterocycles.